The maximum absolute atomic E-state index is 14.2. The molecule has 8 heteroatoms. The van der Waals surface area contributed by atoms with E-state index in [9.17, 15) is 22.4 Å². The first-order valence-corrected chi connectivity index (χ1v) is 9.01. The molecule has 3 aromatic carbocycles. The normalized spacial score (nSPS) is 11.1. The second-order valence-electron chi connectivity index (χ2n) is 6.74. The number of aromatic nitrogens is 2. The van der Waals surface area contributed by atoms with E-state index in [0.717, 1.165) is 24.3 Å². The summed E-state index contributed by atoms with van der Waals surface area (Å²) in [4.78, 5) is 18.9. The minimum atomic E-state index is -0.802. The van der Waals surface area contributed by atoms with E-state index in [-0.39, 0.29) is 34.6 Å². The van der Waals surface area contributed by atoms with Gasteiger partial charge in [-0.2, -0.15) is 0 Å². The van der Waals surface area contributed by atoms with Gasteiger partial charge in [0, 0.05) is 18.9 Å². The van der Waals surface area contributed by atoms with Crippen LogP contribution >= 0.6 is 0 Å². The summed E-state index contributed by atoms with van der Waals surface area (Å²) in [5.74, 6) is -3.55. The molecule has 0 atom stereocenters. The number of nitrogens with one attached hydrogen (secondary N) is 2. The standard InChI is InChI=1S/C22H15F4N3O/c1-11(30)27-20-12(10-13-14(23)4-2-5-15(13)24)8-9-18-21(20)29-22(28-18)19-16(25)6-3-7-17(19)26/h2-9H,10H2,1H3,(H,27,30)(H,28,29). The maximum atomic E-state index is 14.2. The van der Waals surface area contributed by atoms with E-state index in [1.165, 1.54) is 19.1 Å². The number of hydrogen-bond acceptors (Lipinski definition) is 2. The second kappa shape index (κ2) is 7.62. The van der Waals surface area contributed by atoms with Crippen molar-refractivity contribution >= 4 is 22.6 Å². The van der Waals surface area contributed by atoms with Gasteiger partial charge < -0.3 is 10.3 Å². The predicted octanol–water partition coefficient (Wildman–Crippen LogP) is 5.34. The van der Waals surface area contributed by atoms with Crippen molar-refractivity contribution in [3.63, 3.8) is 0 Å². The van der Waals surface area contributed by atoms with E-state index in [2.05, 4.69) is 15.3 Å². The fraction of sp³-hybridized carbons (Fsp3) is 0.0909. The Balaban J connectivity index is 1.89. The number of H-pyrrole nitrogens is 1. The summed E-state index contributed by atoms with van der Waals surface area (Å²) in [6, 6.07) is 10.1. The molecule has 0 spiro atoms. The summed E-state index contributed by atoms with van der Waals surface area (Å²) in [6.07, 6.45) is -0.152. The van der Waals surface area contributed by atoms with E-state index in [0.29, 0.717) is 11.1 Å². The van der Waals surface area contributed by atoms with Crippen molar-refractivity contribution in [1.29, 1.82) is 0 Å². The van der Waals surface area contributed by atoms with E-state index in [4.69, 9.17) is 0 Å². The quantitative estimate of drug-likeness (QED) is 0.444. The average Bonchev–Trinajstić information content (AvgIpc) is 3.10. The number of halogens is 4. The molecule has 1 aromatic heterocycles. The molecule has 0 radical (unpaired) electrons. The monoisotopic (exact) mass is 413 g/mol. The van der Waals surface area contributed by atoms with E-state index in [1.807, 2.05) is 0 Å². The van der Waals surface area contributed by atoms with Crippen LogP contribution in [0.15, 0.2) is 48.5 Å². The summed E-state index contributed by atoms with van der Waals surface area (Å²) < 4.78 is 56.6. The van der Waals surface area contributed by atoms with Crippen molar-refractivity contribution in [3.8, 4) is 11.4 Å². The molecule has 0 bridgehead atoms. The molecule has 2 N–H and O–H groups in total. The lowest BCUT2D eigenvalue weighted by Gasteiger charge is -2.12. The van der Waals surface area contributed by atoms with Crippen LogP contribution in [0, 0.1) is 23.3 Å². The number of anilines is 1. The lowest BCUT2D eigenvalue weighted by molar-refractivity contribution is -0.114. The number of hydrogen-bond donors (Lipinski definition) is 2. The minimum Gasteiger partial charge on any atom is -0.338 e. The van der Waals surface area contributed by atoms with Gasteiger partial charge in [-0.25, -0.2) is 22.5 Å². The molecule has 0 saturated carbocycles. The molecule has 0 aliphatic rings. The molecule has 0 unspecified atom stereocenters. The number of carbonyl (C=O) groups is 1. The summed E-state index contributed by atoms with van der Waals surface area (Å²) in [5.41, 5.74) is 0.713. The topological polar surface area (TPSA) is 57.8 Å². The van der Waals surface area contributed by atoms with Crippen LogP contribution in [0.4, 0.5) is 23.2 Å². The van der Waals surface area contributed by atoms with Crippen molar-refractivity contribution in [2.45, 2.75) is 13.3 Å². The highest BCUT2D eigenvalue weighted by Crippen LogP contribution is 2.32. The predicted molar refractivity (Wildman–Crippen MR) is 105 cm³/mol. The van der Waals surface area contributed by atoms with Gasteiger partial charge in [0.05, 0.1) is 16.8 Å². The third-order valence-electron chi connectivity index (χ3n) is 4.67. The molecule has 4 nitrogen and oxygen atoms in total. The summed E-state index contributed by atoms with van der Waals surface area (Å²) >= 11 is 0. The van der Waals surface area contributed by atoms with Gasteiger partial charge in [0.2, 0.25) is 5.91 Å². The Bertz CT molecular complexity index is 1240. The summed E-state index contributed by atoms with van der Waals surface area (Å²) in [6.45, 7) is 1.27. The molecule has 0 aliphatic heterocycles. The number of rotatable bonds is 4. The Hall–Kier alpha value is -3.68. The highest BCUT2D eigenvalue weighted by Gasteiger charge is 2.20. The number of amides is 1. The van der Waals surface area contributed by atoms with E-state index >= 15 is 0 Å². The van der Waals surface area contributed by atoms with Crippen LogP contribution in [0.5, 0.6) is 0 Å². The molecule has 0 fully saturated rings. The van der Waals surface area contributed by atoms with Gasteiger partial charge in [0.1, 0.15) is 34.6 Å². The molecular formula is C22H15F4N3O. The van der Waals surface area contributed by atoms with Crippen LogP contribution in [-0.2, 0) is 11.2 Å². The molecule has 30 heavy (non-hydrogen) atoms. The lowest BCUT2D eigenvalue weighted by atomic mass is 10.0. The molecular weight excluding hydrogens is 398 g/mol. The number of carbonyl (C=O) groups excluding carboxylic acids is 1. The molecule has 4 rings (SSSR count). The van der Waals surface area contributed by atoms with Crippen LogP contribution in [0.3, 0.4) is 0 Å². The number of benzene rings is 3. The maximum Gasteiger partial charge on any atom is 0.221 e. The Morgan fingerprint density at radius 2 is 1.53 bits per heavy atom. The van der Waals surface area contributed by atoms with Gasteiger partial charge in [-0.15, -0.1) is 0 Å². The first-order chi connectivity index (χ1) is 14.3. The summed E-state index contributed by atoms with van der Waals surface area (Å²) in [5, 5.41) is 2.62. The van der Waals surface area contributed by atoms with Crippen molar-refractivity contribution < 1.29 is 22.4 Å². The van der Waals surface area contributed by atoms with Gasteiger partial charge in [-0.3, -0.25) is 4.79 Å². The number of nitrogens with zero attached hydrogens (tertiary/aromatic N) is 1. The van der Waals surface area contributed by atoms with Crippen LogP contribution < -0.4 is 5.32 Å². The molecule has 152 valence electrons. The van der Waals surface area contributed by atoms with Gasteiger partial charge >= 0.3 is 0 Å². The fourth-order valence-electron chi connectivity index (χ4n) is 3.31. The van der Waals surface area contributed by atoms with Crippen molar-refractivity contribution in [3.05, 3.63) is 82.9 Å². The largest absolute Gasteiger partial charge is 0.338 e. The first kappa shape index (κ1) is 19.6. The minimum absolute atomic E-state index is 0.0681. The molecule has 1 heterocycles. The molecule has 0 aliphatic carbocycles. The molecule has 1 amide bonds. The zero-order valence-corrected chi connectivity index (χ0v) is 15.7. The van der Waals surface area contributed by atoms with Gasteiger partial charge in [-0.1, -0.05) is 18.2 Å². The van der Waals surface area contributed by atoms with Crippen molar-refractivity contribution in [2.24, 2.45) is 0 Å². The van der Waals surface area contributed by atoms with Crippen LogP contribution in [0.2, 0.25) is 0 Å². The first-order valence-electron chi connectivity index (χ1n) is 9.01. The summed E-state index contributed by atoms with van der Waals surface area (Å²) in [7, 11) is 0. The highest BCUT2D eigenvalue weighted by atomic mass is 19.1. The third-order valence-corrected chi connectivity index (χ3v) is 4.67. The SMILES string of the molecule is CC(=O)Nc1c(Cc2c(F)cccc2F)ccc2[nH]c(-c3c(F)cccc3F)nc12. The second-order valence-corrected chi connectivity index (χ2v) is 6.74. The average molecular weight is 413 g/mol. The van der Waals surface area contributed by atoms with Crippen molar-refractivity contribution in [2.75, 3.05) is 5.32 Å². The van der Waals surface area contributed by atoms with Crippen molar-refractivity contribution in [1.82, 2.24) is 9.97 Å². The van der Waals surface area contributed by atoms with Gasteiger partial charge in [-0.05, 0) is 35.9 Å². The zero-order chi connectivity index (χ0) is 21.4. The van der Waals surface area contributed by atoms with Gasteiger partial charge in [0.15, 0.2) is 0 Å². The Labute approximate surface area is 168 Å². The lowest BCUT2D eigenvalue weighted by Crippen LogP contribution is -2.10. The smallest absolute Gasteiger partial charge is 0.221 e. The molecule has 0 saturated heterocycles. The number of aromatic amines is 1. The fourth-order valence-corrected chi connectivity index (χ4v) is 3.31. The number of imidazole rings is 1. The highest BCUT2D eigenvalue weighted by molar-refractivity contribution is 6.01. The van der Waals surface area contributed by atoms with Crippen LogP contribution in [-0.4, -0.2) is 15.9 Å². The van der Waals surface area contributed by atoms with Gasteiger partial charge in [0.25, 0.3) is 0 Å². The van der Waals surface area contributed by atoms with E-state index < -0.39 is 29.2 Å². The Morgan fingerprint density at radius 1 is 0.933 bits per heavy atom. The Morgan fingerprint density at radius 3 is 2.13 bits per heavy atom. The third kappa shape index (κ3) is 3.52. The molecule has 4 aromatic rings. The van der Waals surface area contributed by atoms with Crippen LogP contribution in [0.25, 0.3) is 22.4 Å². The zero-order valence-electron chi connectivity index (χ0n) is 15.7. The van der Waals surface area contributed by atoms with E-state index in [1.54, 1.807) is 12.1 Å². The van der Waals surface area contributed by atoms with Crippen LogP contribution in [0.1, 0.15) is 18.1 Å². The Kier molecular flexibility index (Phi) is 4.99. The number of fused-ring (bicyclic) bond motifs is 1.